The predicted octanol–water partition coefficient (Wildman–Crippen LogP) is 4.43. The van der Waals surface area contributed by atoms with Gasteiger partial charge in [0.15, 0.2) is 5.89 Å². The second-order valence-corrected chi connectivity index (χ2v) is 6.71. The number of nitrogens with zero attached hydrogens (tertiary/aromatic N) is 3. The van der Waals surface area contributed by atoms with E-state index in [2.05, 4.69) is 50.3 Å². The summed E-state index contributed by atoms with van der Waals surface area (Å²) in [6, 6.07) is 8.00. The number of rotatable bonds is 5. The molecule has 1 aromatic carbocycles. The van der Waals surface area contributed by atoms with Crippen LogP contribution in [0.3, 0.4) is 0 Å². The van der Waals surface area contributed by atoms with Gasteiger partial charge in [0, 0.05) is 33.6 Å². The number of nitriles is 1. The maximum atomic E-state index is 9.15. The molecule has 0 radical (unpaired) electrons. The molecule has 3 aromatic rings. The van der Waals surface area contributed by atoms with E-state index in [9.17, 15) is 0 Å². The lowest BCUT2D eigenvalue weighted by atomic mass is 10.1. The molecular weight excluding hydrogens is 370 g/mol. The largest absolute Gasteiger partial charge is 0.422 e. The lowest BCUT2D eigenvalue weighted by molar-refractivity contribution is 0.466. The standard InChI is InChI=1S/C17H16BrN5O/c1-10(2)5-16-22-15(7-19)17(24-16)23-21-9-11-8-20-14-4-3-12(18)6-13(11)14/h3-4,6,8-10,20,23H,5H2,1-2H3/b21-9-. The highest BCUT2D eigenvalue weighted by molar-refractivity contribution is 9.10. The van der Waals surface area contributed by atoms with Crippen LogP contribution >= 0.6 is 15.9 Å². The maximum absolute atomic E-state index is 9.15. The Balaban J connectivity index is 1.79. The molecule has 0 fully saturated rings. The number of aromatic nitrogens is 2. The third-order valence-electron chi connectivity index (χ3n) is 3.41. The fraction of sp³-hybridized carbons (Fsp3) is 0.235. The van der Waals surface area contributed by atoms with Crippen molar-refractivity contribution in [3.8, 4) is 6.07 Å². The summed E-state index contributed by atoms with van der Waals surface area (Å²) in [4.78, 5) is 7.35. The number of anilines is 1. The first-order valence-electron chi connectivity index (χ1n) is 7.52. The number of halogens is 1. The molecule has 7 heteroatoms. The molecule has 6 nitrogen and oxygen atoms in total. The van der Waals surface area contributed by atoms with E-state index in [-0.39, 0.29) is 11.6 Å². The molecule has 122 valence electrons. The summed E-state index contributed by atoms with van der Waals surface area (Å²) in [7, 11) is 0. The fourth-order valence-electron chi connectivity index (χ4n) is 2.33. The predicted molar refractivity (Wildman–Crippen MR) is 97.0 cm³/mol. The number of nitrogens with one attached hydrogen (secondary N) is 2. The Morgan fingerprint density at radius 1 is 1.50 bits per heavy atom. The molecule has 0 bridgehead atoms. The summed E-state index contributed by atoms with van der Waals surface area (Å²) in [6.45, 7) is 4.13. The SMILES string of the molecule is CC(C)Cc1nc(C#N)c(N/N=C\c2c[nH]c3ccc(Br)cc23)o1. The highest BCUT2D eigenvalue weighted by Gasteiger charge is 2.13. The van der Waals surface area contributed by atoms with E-state index >= 15 is 0 Å². The first kappa shape index (κ1) is 16.3. The van der Waals surface area contributed by atoms with Crippen molar-refractivity contribution in [1.82, 2.24) is 9.97 Å². The number of oxazole rings is 1. The number of hydrazone groups is 1. The van der Waals surface area contributed by atoms with Crippen LogP contribution in [-0.4, -0.2) is 16.2 Å². The van der Waals surface area contributed by atoms with E-state index in [0.29, 0.717) is 18.2 Å². The van der Waals surface area contributed by atoms with Crippen LogP contribution < -0.4 is 5.43 Å². The van der Waals surface area contributed by atoms with Gasteiger partial charge < -0.3 is 9.40 Å². The van der Waals surface area contributed by atoms with E-state index < -0.39 is 0 Å². The first-order valence-corrected chi connectivity index (χ1v) is 8.31. The summed E-state index contributed by atoms with van der Waals surface area (Å²) in [6.07, 6.45) is 4.23. The molecule has 0 spiro atoms. The third-order valence-corrected chi connectivity index (χ3v) is 3.90. The quantitative estimate of drug-likeness (QED) is 0.501. The number of H-pyrrole nitrogens is 1. The lowest BCUT2D eigenvalue weighted by Crippen LogP contribution is -1.93. The highest BCUT2D eigenvalue weighted by Crippen LogP contribution is 2.22. The van der Waals surface area contributed by atoms with Crippen molar-refractivity contribution < 1.29 is 4.42 Å². The Kier molecular flexibility index (Phi) is 4.67. The second kappa shape index (κ2) is 6.89. The first-order chi connectivity index (χ1) is 11.6. The summed E-state index contributed by atoms with van der Waals surface area (Å²) in [5, 5.41) is 14.4. The molecule has 0 aliphatic heterocycles. The Bertz CT molecular complexity index is 932. The van der Waals surface area contributed by atoms with Crippen molar-refractivity contribution in [3.63, 3.8) is 0 Å². The van der Waals surface area contributed by atoms with Crippen molar-refractivity contribution in [1.29, 1.82) is 5.26 Å². The van der Waals surface area contributed by atoms with Gasteiger partial charge in [0.1, 0.15) is 6.07 Å². The minimum Gasteiger partial charge on any atom is -0.422 e. The number of hydrogen-bond acceptors (Lipinski definition) is 5. The van der Waals surface area contributed by atoms with Crippen LogP contribution in [0.1, 0.15) is 31.0 Å². The molecule has 0 saturated heterocycles. The van der Waals surface area contributed by atoms with Crippen molar-refractivity contribution in [2.75, 3.05) is 5.43 Å². The topological polar surface area (TPSA) is 90.0 Å². The lowest BCUT2D eigenvalue weighted by Gasteiger charge is -1.98. The monoisotopic (exact) mass is 385 g/mol. The van der Waals surface area contributed by atoms with Gasteiger partial charge in [-0.05, 0) is 24.1 Å². The smallest absolute Gasteiger partial charge is 0.252 e. The normalized spacial score (nSPS) is 11.5. The van der Waals surface area contributed by atoms with Crippen LogP contribution in [-0.2, 0) is 6.42 Å². The van der Waals surface area contributed by atoms with Gasteiger partial charge in [-0.1, -0.05) is 29.8 Å². The molecule has 2 heterocycles. The van der Waals surface area contributed by atoms with E-state index in [1.165, 1.54) is 0 Å². The van der Waals surface area contributed by atoms with Gasteiger partial charge in [0.25, 0.3) is 5.88 Å². The van der Waals surface area contributed by atoms with E-state index in [1.54, 1.807) is 6.21 Å². The zero-order valence-electron chi connectivity index (χ0n) is 13.3. The molecule has 24 heavy (non-hydrogen) atoms. The minimum absolute atomic E-state index is 0.212. The Hall–Kier alpha value is -2.59. The molecule has 0 atom stereocenters. The van der Waals surface area contributed by atoms with Gasteiger partial charge >= 0.3 is 0 Å². The van der Waals surface area contributed by atoms with Crippen molar-refractivity contribution in [3.05, 3.63) is 46.0 Å². The molecule has 3 rings (SSSR count). The van der Waals surface area contributed by atoms with Crippen LogP contribution in [0, 0.1) is 17.2 Å². The summed E-state index contributed by atoms with van der Waals surface area (Å²) in [5.41, 5.74) is 4.93. The molecule has 0 amide bonds. The summed E-state index contributed by atoms with van der Waals surface area (Å²) >= 11 is 3.46. The molecule has 0 aliphatic carbocycles. The molecule has 0 saturated carbocycles. The van der Waals surface area contributed by atoms with Gasteiger partial charge in [-0.2, -0.15) is 10.4 Å². The van der Waals surface area contributed by atoms with Gasteiger partial charge in [-0.25, -0.2) is 10.4 Å². The van der Waals surface area contributed by atoms with Crippen molar-refractivity contribution >= 4 is 38.9 Å². The van der Waals surface area contributed by atoms with Crippen LogP contribution in [0.4, 0.5) is 5.88 Å². The molecule has 0 unspecified atom stereocenters. The fourth-order valence-corrected chi connectivity index (χ4v) is 2.70. The van der Waals surface area contributed by atoms with Gasteiger partial charge in [0.05, 0.1) is 6.21 Å². The Morgan fingerprint density at radius 3 is 3.08 bits per heavy atom. The van der Waals surface area contributed by atoms with E-state index in [0.717, 1.165) is 20.9 Å². The minimum atomic E-state index is 0.212. The van der Waals surface area contributed by atoms with Crippen LogP contribution in [0.15, 0.2) is 38.4 Å². The van der Waals surface area contributed by atoms with Crippen LogP contribution in [0.2, 0.25) is 0 Å². The van der Waals surface area contributed by atoms with Crippen molar-refractivity contribution in [2.45, 2.75) is 20.3 Å². The average Bonchev–Trinajstić information content (AvgIpc) is 3.10. The molecular formula is C17H16BrN5O. The van der Waals surface area contributed by atoms with Gasteiger partial charge in [-0.15, -0.1) is 0 Å². The van der Waals surface area contributed by atoms with Gasteiger partial charge in [0.2, 0.25) is 5.69 Å². The summed E-state index contributed by atoms with van der Waals surface area (Å²) in [5.74, 6) is 1.21. The highest BCUT2D eigenvalue weighted by atomic mass is 79.9. The molecule has 2 aromatic heterocycles. The van der Waals surface area contributed by atoms with Crippen molar-refractivity contribution in [2.24, 2.45) is 11.0 Å². The second-order valence-electron chi connectivity index (χ2n) is 5.80. The zero-order chi connectivity index (χ0) is 17.1. The zero-order valence-corrected chi connectivity index (χ0v) is 14.9. The molecule has 2 N–H and O–H groups in total. The summed E-state index contributed by atoms with van der Waals surface area (Å²) < 4.78 is 6.57. The number of fused-ring (bicyclic) bond motifs is 1. The average molecular weight is 386 g/mol. The third kappa shape index (κ3) is 3.49. The van der Waals surface area contributed by atoms with Crippen LogP contribution in [0.5, 0.6) is 0 Å². The Labute approximate surface area is 147 Å². The number of hydrogen-bond donors (Lipinski definition) is 2. The van der Waals surface area contributed by atoms with E-state index in [4.69, 9.17) is 9.68 Å². The number of benzene rings is 1. The maximum Gasteiger partial charge on any atom is 0.252 e. The molecule has 0 aliphatic rings. The van der Waals surface area contributed by atoms with Gasteiger partial charge in [-0.3, -0.25) is 0 Å². The Morgan fingerprint density at radius 2 is 2.33 bits per heavy atom. The number of aromatic amines is 1. The van der Waals surface area contributed by atoms with Crippen LogP contribution in [0.25, 0.3) is 10.9 Å². The van der Waals surface area contributed by atoms with E-state index in [1.807, 2.05) is 30.5 Å².